The van der Waals surface area contributed by atoms with Crippen LogP contribution in [0.2, 0.25) is 0 Å². The lowest BCUT2D eigenvalue weighted by Gasteiger charge is -2.30. The highest BCUT2D eigenvalue weighted by molar-refractivity contribution is 6.05. The van der Waals surface area contributed by atoms with E-state index < -0.39 is 0 Å². The Labute approximate surface area is 181 Å². The molecule has 0 aromatic heterocycles. The van der Waals surface area contributed by atoms with Crippen LogP contribution in [0.15, 0.2) is 72.8 Å². The third-order valence-electron chi connectivity index (χ3n) is 5.33. The third-order valence-corrected chi connectivity index (χ3v) is 5.33. The summed E-state index contributed by atoms with van der Waals surface area (Å²) in [7, 11) is 1.56. The van der Waals surface area contributed by atoms with Gasteiger partial charge in [-0.3, -0.25) is 9.59 Å². The maximum Gasteiger partial charge on any atom is 0.255 e. The van der Waals surface area contributed by atoms with E-state index in [4.69, 9.17) is 4.74 Å². The van der Waals surface area contributed by atoms with Gasteiger partial charge in [0.25, 0.3) is 5.91 Å². The summed E-state index contributed by atoms with van der Waals surface area (Å²) in [5.41, 5.74) is 4.17. The van der Waals surface area contributed by atoms with Crippen LogP contribution in [0.4, 0.5) is 17.1 Å². The van der Waals surface area contributed by atoms with Gasteiger partial charge in [0, 0.05) is 23.5 Å². The number of hydrogen-bond donors (Lipinski definition) is 2. The first-order valence-electron chi connectivity index (χ1n) is 10.3. The molecule has 31 heavy (non-hydrogen) atoms. The summed E-state index contributed by atoms with van der Waals surface area (Å²) in [6.45, 7) is 1.17. The Morgan fingerprint density at radius 1 is 0.935 bits per heavy atom. The fraction of sp³-hybridized carbons (Fsp3) is 0.200. The van der Waals surface area contributed by atoms with Crippen molar-refractivity contribution in [3.8, 4) is 5.75 Å². The number of hydrogen-bond acceptors (Lipinski definition) is 4. The molecule has 4 rings (SSSR count). The molecular formula is C25H25N3O3. The first-order valence-corrected chi connectivity index (χ1v) is 10.3. The Morgan fingerprint density at radius 2 is 1.68 bits per heavy atom. The molecule has 3 aromatic rings. The summed E-state index contributed by atoms with van der Waals surface area (Å²) in [6, 6.07) is 22.3. The van der Waals surface area contributed by atoms with Crippen LogP contribution in [-0.2, 0) is 11.2 Å². The van der Waals surface area contributed by atoms with Gasteiger partial charge in [-0.2, -0.15) is 0 Å². The Kier molecular flexibility index (Phi) is 6.17. The molecule has 0 atom stereocenters. The Balaban J connectivity index is 1.36. The lowest BCUT2D eigenvalue weighted by atomic mass is 10.0. The van der Waals surface area contributed by atoms with E-state index >= 15 is 0 Å². The summed E-state index contributed by atoms with van der Waals surface area (Å²) in [4.78, 5) is 27.2. The fourth-order valence-corrected chi connectivity index (χ4v) is 3.80. The first kappa shape index (κ1) is 20.5. The molecule has 0 bridgehead atoms. The van der Waals surface area contributed by atoms with Crippen molar-refractivity contribution >= 4 is 28.9 Å². The molecule has 3 aromatic carbocycles. The predicted molar refractivity (Wildman–Crippen MR) is 123 cm³/mol. The molecule has 6 heteroatoms. The number of carbonyl (C=O) groups excluding carboxylic acids is 2. The molecule has 158 valence electrons. The minimum atomic E-state index is -0.243. The van der Waals surface area contributed by atoms with Crippen LogP contribution in [0.3, 0.4) is 0 Å². The van der Waals surface area contributed by atoms with E-state index in [0.29, 0.717) is 29.2 Å². The zero-order chi connectivity index (χ0) is 21.6. The van der Waals surface area contributed by atoms with E-state index in [1.165, 1.54) is 5.56 Å². The second-order valence-corrected chi connectivity index (χ2v) is 7.43. The van der Waals surface area contributed by atoms with Gasteiger partial charge in [0.05, 0.1) is 19.3 Å². The van der Waals surface area contributed by atoms with E-state index in [9.17, 15) is 9.59 Å². The highest BCUT2D eigenvalue weighted by Gasteiger charge is 2.18. The Hall–Kier alpha value is -3.80. The molecule has 0 aliphatic carbocycles. The summed E-state index contributed by atoms with van der Waals surface area (Å²) in [6.07, 6.45) is 2.09. The molecule has 0 unspecified atom stereocenters. The highest BCUT2D eigenvalue weighted by atomic mass is 16.5. The van der Waals surface area contributed by atoms with Crippen LogP contribution < -0.4 is 20.3 Å². The Morgan fingerprint density at radius 3 is 2.48 bits per heavy atom. The predicted octanol–water partition coefficient (Wildman–Crippen LogP) is 4.34. The van der Waals surface area contributed by atoms with E-state index in [-0.39, 0.29) is 11.8 Å². The van der Waals surface area contributed by atoms with E-state index in [0.717, 1.165) is 25.1 Å². The summed E-state index contributed by atoms with van der Waals surface area (Å²) < 4.78 is 5.26. The number of para-hydroxylation sites is 3. The summed E-state index contributed by atoms with van der Waals surface area (Å²) in [5, 5.41) is 5.77. The van der Waals surface area contributed by atoms with Crippen molar-refractivity contribution in [3.63, 3.8) is 0 Å². The SMILES string of the molecule is COc1ccccc1NC(=O)c1ccc(NC(=O)CN2CCCc3ccccc32)cc1. The fourth-order valence-electron chi connectivity index (χ4n) is 3.80. The molecule has 1 aliphatic heterocycles. The van der Waals surface area contributed by atoms with Crippen molar-refractivity contribution in [2.45, 2.75) is 12.8 Å². The molecule has 0 fully saturated rings. The van der Waals surface area contributed by atoms with Crippen LogP contribution in [0, 0.1) is 0 Å². The first-order chi connectivity index (χ1) is 15.1. The maximum atomic E-state index is 12.6. The van der Waals surface area contributed by atoms with Gasteiger partial charge < -0.3 is 20.3 Å². The second-order valence-electron chi connectivity index (χ2n) is 7.43. The van der Waals surface area contributed by atoms with E-state index in [1.54, 1.807) is 43.5 Å². The molecule has 0 radical (unpaired) electrons. The number of carbonyl (C=O) groups is 2. The molecule has 0 saturated carbocycles. The van der Waals surface area contributed by atoms with Gasteiger partial charge in [0.2, 0.25) is 5.91 Å². The molecule has 0 saturated heterocycles. The molecular weight excluding hydrogens is 390 g/mol. The normalized spacial score (nSPS) is 12.6. The zero-order valence-electron chi connectivity index (χ0n) is 17.4. The number of nitrogens with one attached hydrogen (secondary N) is 2. The standard InChI is InChI=1S/C25H25N3O3/c1-31-23-11-5-3-9-21(23)27-25(30)19-12-14-20(15-13-19)26-24(29)17-28-16-6-8-18-7-2-4-10-22(18)28/h2-5,7,9-15H,6,8,16-17H2,1H3,(H,26,29)(H,27,30). The Bertz CT molecular complexity index is 1080. The molecule has 2 amide bonds. The van der Waals surface area contributed by atoms with Crippen molar-refractivity contribution in [1.82, 2.24) is 0 Å². The quantitative estimate of drug-likeness (QED) is 0.628. The minimum Gasteiger partial charge on any atom is -0.495 e. The van der Waals surface area contributed by atoms with Crippen molar-refractivity contribution in [3.05, 3.63) is 83.9 Å². The van der Waals surface area contributed by atoms with Gasteiger partial charge >= 0.3 is 0 Å². The van der Waals surface area contributed by atoms with Gasteiger partial charge in [-0.25, -0.2) is 0 Å². The van der Waals surface area contributed by atoms with E-state index in [2.05, 4.69) is 27.7 Å². The average molecular weight is 415 g/mol. The summed E-state index contributed by atoms with van der Waals surface area (Å²) in [5.74, 6) is 0.272. The number of ether oxygens (including phenoxy) is 1. The molecule has 2 N–H and O–H groups in total. The van der Waals surface area contributed by atoms with Crippen molar-refractivity contribution in [2.75, 3.05) is 35.7 Å². The van der Waals surface area contributed by atoms with Crippen molar-refractivity contribution in [1.29, 1.82) is 0 Å². The monoisotopic (exact) mass is 415 g/mol. The number of methoxy groups -OCH3 is 1. The number of benzene rings is 3. The van der Waals surface area contributed by atoms with Crippen molar-refractivity contribution < 1.29 is 14.3 Å². The molecule has 0 spiro atoms. The smallest absolute Gasteiger partial charge is 0.255 e. The largest absolute Gasteiger partial charge is 0.495 e. The van der Waals surface area contributed by atoms with Gasteiger partial charge in [-0.1, -0.05) is 30.3 Å². The minimum absolute atomic E-state index is 0.0806. The van der Waals surface area contributed by atoms with Crippen LogP contribution in [0.25, 0.3) is 0 Å². The van der Waals surface area contributed by atoms with E-state index in [1.807, 2.05) is 24.3 Å². The van der Waals surface area contributed by atoms with Gasteiger partial charge in [0.1, 0.15) is 5.75 Å². The third kappa shape index (κ3) is 4.86. The number of anilines is 3. The number of nitrogens with zero attached hydrogens (tertiary/aromatic N) is 1. The van der Waals surface area contributed by atoms with Crippen LogP contribution in [0.1, 0.15) is 22.3 Å². The van der Waals surface area contributed by atoms with Gasteiger partial charge in [-0.15, -0.1) is 0 Å². The lowest BCUT2D eigenvalue weighted by Crippen LogP contribution is -2.36. The van der Waals surface area contributed by atoms with Crippen LogP contribution >= 0.6 is 0 Å². The van der Waals surface area contributed by atoms with Crippen LogP contribution in [0.5, 0.6) is 5.75 Å². The molecule has 1 aliphatic rings. The van der Waals surface area contributed by atoms with Crippen molar-refractivity contribution in [2.24, 2.45) is 0 Å². The lowest BCUT2D eigenvalue weighted by molar-refractivity contribution is -0.115. The topological polar surface area (TPSA) is 70.7 Å². The number of rotatable bonds is 6. The number of amides is 2. The zero-order valence-corrected chi connectivity index (χ0v) is 17.4. The van der Waals surface area contributed by atoms with Crippen LogP contribution in [-0.4, -0.2) is 32.0 Å². The summed E-state index contributed by atoms with van der Waals surface area (Å²) >= 11 is 0. The average Bonchev–Trinajstić information content (AvgIpc) is 2.80. The molecule has 6 nitrogen and oxygen atoms in total. The number of aryl methyl sites for hydroxylation is 1. The second kappa shape index (κ2) is 9.34. The number of fused-ring (bicyclic) bond motifs is 1. The highest BCUT2D eigenvalue weighted by Crippen LogP contribution is 2.26. The maximum absolute atomic E-state index is 12.6. The van der Waals surface area contributed by atoms with Gasteiger partial charge in [0.15, 0.2) is 0 Å². The molecule has 1 heterocycles. The van der Waals surface area contributed by atoms with Gasteiger partial charge in [-0.05, 0) is 60.9 Å².